The van der Waals surface area contributed by atoms with Gasteiger partial charge in [-0.2, -0.15) is 0 Å². The fraction of sp³-hybridized carbons (Fsp3) is 0.455. The largest absolute Gasteiger partial charge is 0.477 e. The molecule has 0 aliphatic carbocycles. The van der Waals surface area contributed by atoms with Gasteiger partial charge in [0.25, 0.3) is 0 Å². The van der Waals surface area contributed by atoms with E-state index in [1.807, 2.05) is 6.92 Å². The molecule has 6 nitrogen and oxygen atoms in total. The summed E-state index contributed by atoms with van der Waals surface area (Å²) in [6.45, 7) is 3.39. The van der Waals surface area contributed by atoms with Gasteiger partial charge in [0, 0.05) is 6.61 Å². The Kier molecular flexibility index (Phi) is 5.22. The number of carboxylic acids is 1. The molecule has 1 aromatic rings. The van der Waals surface area contributed by atoms with Crippen molar-refractivity contribution in [2.45, 2.75) is 13.3 Å². The minimum atomic E-state index is -1.11. The number of aromatic nitrogens is 1. The number of anilines is 1. The van der Waals surface area contributed by atoms with E-state index in [1.54, 1.807) is 0 Å². The van der Waals surface area contributed by atoms with Crippen molar-refractivity contribution >= 4 is 11.7 Å². The van der Waals surface area contributed by atoms with Crippen molar-refractivity contribution in [3.8, 4) is 5.88 Å². The number of nitrogens with zero attached hydrogens (tertiary/aromatic N) is 1. The van der Waals surface area contributed by atoms with Crippen molar-refractivity contribution in [2.24, 2.45) is 0 Å². The van der Waals surface area contributed by atoms with Gasteiger partial charge in [0.05, 0.1) is 12.3 Å². The van der Waals surface area contributed by atoms with E-state index in [2.05, 4.69) is 4.98 Å². The van der Waals surface area contributed by atoms with Crippen LogP contribution in [0, 0.1) is 0 Å². The number of nitrogens with two attached hydrogens (primary N) is 1. The average molecular weight is 240 g/mol. The topological polar surface area (TPSA) is 94.7 Å². The number of carboxylic acid groups (broad SMARTS) is 1. The van der Waals surface area contributed by atoms with Crippen LogP contribution in [0.5, 0.6) is 5.88 Å². The number of carbonyl (C=O) groups is 1. The Hall–Kier alpha value is -1.82. The number of aromatic carboxylic acids is 1. The molecular formula is C11H16N2O4. The molecule has 1 rings (SSSR count). The van der Waals surface area contributed by atoms with Gasteiger partial charge >= 0.3 is 5.97 Å². The van der Waals surface area contributed by atoms with Gasteiger partial charge in [-0.1, -0.05) is 6.92 Å². The molecule has 0 fully saturated rings. The van der Waals surface area contributed by atoms with Gasteiger partial charge in [0.2, 0.25) is 5.88 Å². The summed E-state index contributed by atoms with van der Waals surface area (Å²) in [4.78, 5) is 14.5. The average Bonchev–Trinajstić information content (AvgIpc) is 2.30. The van der Waals surface area contributed by atoms with Crippen LogP contribution in [-0.4, -0.2) is 35.9 Å². The molecule has 0 saturated heterocycles. The third kappa shape index (κ3) is 4.28. The van der Waals surface area contributed by atoms with Crippen molar-refractivity contribution in [3.63, 3.8) is 0 Å². The molecule has 6 heteroatoms. The highest BCUT2D eigenvalue weighted by molar-refractivity contribution is 5.86. The third-order valence-electron chi connectivity index (χ3n) is 1.92. The van der Waals surface area contributed by atoms with Crippen LogP contribution in [0.3, 0.4) is 0 Å². The Labute approximate surface area is 99.4 Å². The number of hydrogen-bond acceptors (Lipinski definition) is 5. The van der Waals surface area contributed by atoms with E-state index < -0.39 is 5.97 Å². The van der Waals surface area contributed by atoms with Crippen LogP contribution in [0.15, 0.2) is 12.1 Å². The van der Waals surface area contributed by atoms with Gasteiger partial charge in [-0.25, -0.2) is 9.78 Å². The maximum absolute atomic E-state index is 10.7. The predicted octanol–water partition coefficient (Wildman–Crippen LogP) is 1.17. The standard InChI is InChI=1S/C11H16N2O4/c1-2-5-16-6-7-17-10-8(12)3-4-9(13-10)11(14)15/h3-4H,2,5-7,12H2,1H3,(H,14,15). The SMILES string of the molecule is CCCOCCOc1nc(C(=O)O)ccc1N. The van der Waals surface area contributed by atoms with Crippen molar-refractivity contribution < 1.29 is 19.4 Å². The molecule has 0 aliphatic rings. The maximum atomic E-state index is 10.7. The van der Waals surface area contributed by atoms with E-state index in [0.717, 1.165) is 6.42 Å². The fourth-order valence-corrected chi connectivity index (χ4v) is 1.13. The second-order valence-corrected chi connectivity index (χ2v) is 3.36. The summed E-state index contributed by atoms with van der Waals surface area (Å²) in [5.74, 6) is -0.984. The summed E-state index contributed by atoms with van der Waals surface area (Å²) in [5, 5.41) is 8.76. The molecule has 0 radical (unpaired) electrons. The van der Waals surface area contributed by atoms with Crippen LogP contribution in [0.4, 0.5) is 5.69 Å². The third-order valence-corrected chi connectivity index (χ3v) is 1.92. The van der Waals surface area contributed by atoms with Crippen LogP contribution >= 0.6 is 0 Å². The van der Waals surface area contributed by atoms with E-state index in [1.165, 1.54) is 12.1 Å². The lowest BCUT2D eigenvalue weighted by atomic mass is 10.3. The Morgan fingerprint density at radius 2 is 2.18 bits per heavy atom. The van der Waals surface area contributed by atoms with Crippen molar-refractivity contribution in [3.05, 3.63) is 17.8 Å². The Morgan fingerprint density at radius 1 is 1.41 bits per heavy atom. The summed E-state index contributed by atoms with van der Waals surface area (Å²) in [5.41, 5.74) is 5.83. The second-order valence-electron chi connectivity index (χ2n) is 3.36. The monoisotopic (exact) mass is 240 g/mol. The molecule has 1 heterocycles. The van der Waals surface area contributed by atoms with Gasteiger partial charge in [0.15, 0.2) is 5.69 Å². The number of ether oxygens (including phenoxy) is 2. The van der Waals surface area contributed by atoms with Gasteiger partial charge < -0.3 is 20.3 Å². The van der Waals surface area contributed by atoms with Crippen LogP contribution in [0.1, 0.15) is 23.8 Å². The molecule has 0 spiro atoms. The summed E-state index contributed by atoms with van der Waals surface area (Å²) in [7, 11) is 0. The quantitative estimate of drug-likeness (QED) is 0.694. The zero-order valence-corrected chi connectivity index (χ0v) is 9.68. The second kappa shape index (κ2) is 6.70. The van der Waals surface area contributed by atoms with Crippen LogP contribution in [0.2, 0.25) is 0 Å². The van der Waals surface area contributed by atoms with Gasteiger partial charge in [-0.3, -0.25) is 0 Å². The predicted molar refractivity (Wildman–Crippen MR) is 62.2 cm³/mol. The molecular weight excluding hydrogens is 224 g/mol. The van der Waals surface area contributed by atoms with E-state index in [-0.39, 0.29) is 11.6 Å². The lowest BCUT2D eigenvalue weighted by molar-refractivity contribution is 0.0688. The molecule has 0 bridgehead atoms. The minimum absolute atomic E-state index is 0.0938. The highest BCUT2D eigenvalue weighted by atomic mass is 16.5. The Bertz CT molecular complexity index is 382. The van der Waals surface area contributed by atoms with Crippen molar-refractivity contribution in [1.29, 1.82) is 0 Å². The van der Waals surface area contributed by atoms with Crippen LogP contribution < -0.4 is 10.5 Å². The molecule has 94 valence electrons. The maximum Gasteiger partial charge on any atom is 0.354 e. The van der Waals surface area contributed by atoms with Crippen molar-refractivity contribution in [2.75, 3.05) is 25.6 Å². The highest BCUT2D eigenvalue weighted by Gasteiger charge is 2.09. The van der Waals surface area contributed by atoms with E-state index in [4.69, 9.17) is 20.3 Å². The fourth-order valence-electron chi connectivity index (χ4n) is 1.13. The minimum Gasteiger partial charge on any atom is -0.477 e. The summed E-state index contributed by atoms with van der Waals surface area (Å²) in [6, 6.07) is 2.79. The number of rotatable bonds is 7. The van der Waals surface area contributed by atoms with Gasteiger partial charge in [-0.05, 0) is 18.6 Å². The van der Waals surface area contributed by atoms with E-state index in [0.29, 0.717) is 25.5 Å². The molecule has 0 aliphatic heterocycles. The molecule has 1 aromatic heterocycles. The number of nitrogen functional groups attached to an aromatic ring is 1. The summed E-state index contributed by atoms with van der Waals surface area (Å²) >= 11 is 0. The molecule has 0 atom stereocenters. The highest BCUT2D eigenvalue weighted by Crippen LogP contribution is 2.18. The van der Waals surface area contributed by atoms with Gasteiger partial charge in [-0.15, -0.1) is 0 Å². The molecule has 0 aromatic carbocycles. The van der Waals surface area contributed by atoms with Crippen LogP contribution in [0.25, 0.3) is 0 Å². The molecule has 0 saturated carbocycles. The number of pyridine rings is 1. The molecule has 17 heavy (non-hydrogen) atoms. The molecule has 3 N–H and O–H groups in total. The normalized spacial score (nSPS) is 10.2. The van der Waals surface area contributed by atoms with E-state index >= 15 is 0 Å². The first kappa shape index (κ1) is 13.2. The van der Waals surface area contributed by atoms with Crippen LogP contribution in [-0.2, 0) is 4.74 Å². The zero-order chi connectivity index (χ0) is 12.7. The number of hydrogen-bond donors (Lipinski definition) is 2. The summed E-state index contributed by atoms with van der Waals surface area (Å²) in [6.07, 6.45) is 0.939. The smallest absolute Gasteiger partial charge is 0.354 e. The first-order valence-electron chi connectivity index (χ1n) is 5.35. The summed E-state index contributed by atoms with van der Waals surface area (Å²) < 4.78 is 10.5. The zero-order valence-electron chi connectivity index (χ0n) is 9.68. The van der Waals surface area contributed by atoms with E-state index in [9.17, 15) is 4.79 Å². The first-order chi connectivity index (χ1) is 8.15. The van der Waals surface area contributed by atoms with Crippen molar-refractivity contribution in [1.82, 2.24) is 4.98 Å². The molecule has 0 amide bonds. The van der Waals surface area contributed by atoms with Gasteiger partial charge in [0.1, 0.15) is 6.61 Å². The first-order valence-corrected chi connectivity index (χ1v) is 5.35. The lowest BCUT2D eigenvalue weighted by Crippen LogP contribution is -2.11. The molecule has 0 unspecified atom stereocenters. The Balaban J connectivity index is 2.51. The Morgan fingerprint density at radius 3 is 2.82 bits per heavy atom. The lowest BCUT2D eigenvalue weighted by Gasteiger charge is -2.08.